The van der Waals surface area contributed by atoms with E-state index in [0.717, 1.165) is 10.6 Å². The van der Waals surface area contributed by atoms with Gasteiger partial charge in [0.1, 0.15) is 0 Å². The fraction of sp³-hybridized carbons (Fsp3) is 0.278. The molecule has 0 fully saturated rings. The minimum absolute atomic E-state index is 0.337. The van der Waals surface area contributed by atoms with Crippen molar-refractivity contribution in [3.8, 4) is 0 Å². The number of benzene rings is 1. The first-order valence-corrected chi connectivity index (χ1v) is 8.88. The van der Waals surface area contributed by atoms with E-state index in [1.807, 2.05) is 42.6 Å². The maximum atomic E-state index is 12.0. The molecule has 0 aliphatic heterocycles. The molecule has 0 atom stereocenters. The molecule has 138 valence electrons. The smallest absolute Gasteiger partial charge is 0.338 e. The summed E-state index contributed by atoms with van der Waals surface area (Å²) < 4.78 is 4.94. The largest absolute Gasteiger partial charge is 0.452 e. The van der Waals surface area contributed by atoms with E-state index in [0.29, 0.717) is 18.5 Å². The third-order valence-corrected chi connectivity index (χ3v) is 4.36. The third kappa shape index (κ3) is 6.21. The van der Waals surface area contributed by atoms with Gasteiger partial charge in [-0.25, -0.2) is 9.59 Å². The van der Waals surface area contributed by atoms with Crippen LogP contribution in [0.25, 0.3) is 0 Å². The SMILES string of the molecule is CN(C)c1cccc(C(=O)OCC(=O)NC(=O)NCCc2cccs2)c1. The summed E-state index contributed by atoms with van der Waals surface area (Å²) in [5.41, 5.74) is 1.18. The van der Waals surface area contributed by atoms with Crippen molar-refractivity contribution in [3.63, 3.8) is 0 Å². The highest BCUT2D eigenvalue weighted by Gasteiger charge is 2.13. The summed E-state index contributed by atoms with van der Waals surface area (Å²) in [6.45, 7) is -0.111. The van der Waals surface area contributed by atoms with Crippen LogP contribution < -0.4 is 15.5 Å². The van der Waals surface area contributed by atoms with Crippen molar-refractivity contribution in [3.05, 3.63) is 52.2 Å². The molecule has 7 nitrogen and oxygen atoms in total. The zero-order valence-electron chi connectivity index (χ0n) is 14.7. The van der Waals surface area contributed by atoms with E-state index in [4.69, 9.17) is 4.74 Å². The van der Waals surface area contributed by atoms with Gasteiger partial charge in [0, 0.05) is 31.2 Å². The Labute approximate surface area is 156 Å². The lowest BCUT2D eigenvalue weighted by Gasteiger charge is -2.13. The monoisotopic (exact) mass is 375 g/mol. The van der Waals surface area contributed by atoms with E-state index >= 15 is 0 Å². The van der Waals surface area contributed by atoms with Crippen LogP contribution in [0.3, 0.4) is 0 Å². The first-order chi connectivity index (χ1) is 12.5. The maximum Gasteiger partial charge on any atom is 0.338 e. The summed E-state index contributed by atoms with van der Waals surface area (Å²) >= 11 is 1.60. The molecule has 8 heteroatoms. The van der Waals surface area contributed by atoms with Gasteiger partial charge in [-0.05, 0) is 36.1 Å². The average molecular weight is 375 g/mol. The second-order valence-corrected chi connectivity index (χ2v) is 6.69. The first-order valence-electron chi connectivity index (χ1n) is 8.00. The quantitative estimate of drug-likeness (QED) is 0.723. The van der Waals surface area contributed by atoms with Gasteiger partial charge in [0.2, 0.25) is 0 Å². The summed E-state index contributed by atoms with van der Waals surface area (Å²) in [4.78, 5) is 38.3. The number of urea groups is 1. The van der Waals surface area contributed by atoms with Crippen molar-refractivity contribution in [2.45, 2.75) is 6.42 Å². The number of ether oxygens (including phenoxy) is 1. The summed E-state index contributed by atoms with van der Waals surface area (Å²) in [7, 11) is 3.71. The van der Waals surface area contributed by atoms with Gasteiger partial charge >= 0.3 is 12.0 Å². The molecule has 0 aliphatic rings. The van der Waals surface area contributed by atoms with Crippen LogP contribution >= 0.6 is 11.3 Å². The molecular weight excluding hydrogens is 354 g/mol. The minimum Gasteiger partial charge on any atom is -0.452 e. The van der Waals surface area contributed by atoms with Crippen LogP contribution in [0.15, 0.2) is 41.8 Å². The Hall–Kier alpha value is -2.87. The van der Waals surface area contributed by atoms with Gasteiger partial charge in [-0.3, -0.25) is 10.1 Å². The molecule has 0 unspecified atom stereocenters. The molecular formula is C18H21N3O4S. The number of anilines is 1. The number of amides is 3. The molecule has 0 saturated heterocycles. The molecule has 0 spiro atoms. The maximum absolute atomic E-state index is 12.0. The predicted molar refractivity (Wildman–Crippen MR) is 101 cm³/mol. The number of carbonyl (C=O) groups excluding carboxylic acids is 3. The number of hydrogen-bond acceptors (Lipinski definition) is 6. The summed E-state index contributed by atoms with van der Waals surface area (Å²) in [5, 5.41) is 6.67. The Bertz CT molecular complexity index is 760. The lowest BCUT2D eigenvalue weighted by Crippen LogP contribution is -2.42. The molecule has 2 rings (SSSR count). The third-order valence-electron chi connectivity index (χ3n) is 3.42. The zero-order chi connectivity index (χ0) is 18.9. The number of hydrogen-bond donors (Lipinski definition) is 2. The Morgan fingerprint density at radius 3 is 2.65 bits per heavy atom. The van der Waals surface area contributed by atoms with Crippen LogP contribution in [0.1, 0.15) is 15.2 Å². The van der Waals surface area contributed by atoms with E-state index in [1.165, 1.54) is 0 Å². The van der Waals surface area contributed by atoms with E-state index in [2.05, 4.69) is 10.6 Å². The number of nitrogens with one attached hydrogen (secondary N) is 2. The van der Waals surface area contributed by atoms with Gasteiger partial charge in [-0.15, -0.1) is 11.3 Å². The van der Waals surface area contributed by atoms with Crippen molar-refractivity contribution in [2.75, 3.05) is 32.1 Å². The fourth-order valence-electron chi connectivity index (χ4n) is 2.09. The second kappa shape index (κ2) is 9.57. The number of esters is 1. The van der Waals surface area contributed by atoms with Crippen molar-refractivity contribution in [1.29, 1.82) is 0 Å². The molecule has 2 N–H and O–H groups in total. The summed E-state index contributed by atoms with van der Waals surface area (Å²) in [6, 6.07) is 10.1. The van der Waals surface area contributed by atoms with E-state index in [-0.39, 0.29) is 0 Å². The highest BCUT2D eigenvalue weighted by Crippen LogP contribution is 2.14. The molecule has 26 heavy (non-hydrogen) atoms. The van der Waals surface area contributed by atoms with Crippen molar-refractivity contribution >= 4 is 34.9 Å². The molecule has 0 radical (unpaired) electrons. The fourth-order valence-corrected chi connectivity index (χ4v) is 2.80. The topological polar surface area (TPSA) is 87.7 Å². The van der Waals surface area contributed by atoms with Crippen LogP contribution in [0.2, 0.25) is 0 Å². The standard InChI is InChI=1S/C18H21N3O4S/c1-21(2)14-6-3-5-13(11-14)17(23)25-12-16(22)20-18(24)19-9-8-15-7-4-10-26-15/h3-7,10-11H,8-9,12H2,1-2H3,(H2,19,20,22,24). The van der Waals surface area contributed by atoms with Crippen LogP contribution in [0.5, 0.6) is 0 Å². The van der Waals surface area contributed by atoms with Crippen LogP contribution in [0, 0.1) is 0 Å². The van der Waals surface area contributed by atoms with Gasteiger partial charge in [-0.2, -0.15) is 0 Å². The van der Waals surface area contributed by atoms with E-state index in [9.17, 15) is 14.4 Å². The zero-order valence-corrected chi connectivity index (χ0v) is 15.5. The number of thiophene rings is 1. The Morgan fingerprint density at radius 1 is 1.15 bits per heavy atom. The van der Waals surface area contributed by atoms with Gasteiger partial charge in [-0.1, -0.05) is 12.1 Å². The highest BCUT2D eigenvalue weighted by atomic mass is 32.1. The first kappa shape index (κ1) is 19.5. The number of rotatable bonds is 7. The number of imide groups is 1. The lowest BCUT2D eigenvalue weighted by atomic mass is 10.2. The number of carbonyl (C=O) groups is 3. The van der Waals surface area contributed by atoms with Crippen LogP contribution in [-0.2, 0) is 16.0 Å². The predicted octanol–water partition coefficient (Wildman–Crippen LogP) is 2.04. The van der Waals surface area contributed by atoms with Crippen molar-refractivity contribution in [1.82, 2.24) is 10.6 Å². The molecule has 0 saturated carbocycles. The minimum atomic E-state index is -0.685. The molecule has 3 amide bonds. The molecule has 0 aliphatic carbocycles. The molecule has 1 heterocycles. The Balaban J connectivity index is 1.71. The van der Waals surface area contributed by atoms with E-state index in [1.54, 1.807) is 29.5 Å². The van der Waals surface area contributed by atoms with Gasteiger partial charge in [0.05, 0.1) is 5.56 Å². The van der Waals surface area contributed by atoms with Crippen LogP contribution in [0.4, 0.5) is 10.5 Å². The highest BCUT2D eigenvalue weighted by molar-refractivity contribution is 7.09. The molecule has 2 aromatic rings. The van der Waals surface area contributed by atoms with Gasteiger partial charge in [0.25, 0.3) is 5.91 Å². The number of nitrogens with zero attached hydrogens (tertiary/aromatic N) is 1. The van der Waals surface area contributed by atoms with Crippen molar-refractivity contribution in [2.24, 2.45) is 0 Å². The van der Waals surface area contributed by atoms with Crippen LogP contribution in [-0.4, -0.2) is 45.2 Å². The molecule has 0 bridgehead atoms. The molecule has 1 aromatic heterocycles. The van der Waals surface area contributed by atoms with Gasteiger partial charge in [0.15, 0.2) is 6.61 Å². The lowest BCUT2D eigenvalue weighted by molar-refractivity contribution is -0.123. The van der Waals surface area contributed by atoms with Crippen molar-refractivity contribution < 1.29 is 19.1 Å². The van der Waals surface area contributed by atoms with E-state index < -0.39 is 24.5 Å². The normalized spacial score (nSPS) is 10.1. The van der Waals surface area contributed by atoms with Gasteiger partial charge < -0.3 is 15.0 Å². The summed E-state index contributed by atoms with van der Waals surface area (Å²) in [6.07, 6.45) is 0.691. The Kier molecular flexibility index (Phi) is 7.16. The second-order valence-electron chi connectivity index (χ2n) is 5.65. The average Bonchev–Trinajstić information content (AvgIpc) is 3.13. The Morgan fingerprint density at radius 2 is 1.96 bits per heavy atom. The molecule has 1 aromatic carbocycles. The summed E-state index contributed by atoms with van der Waals surface area (Å²) in [5.74, 6) is -1.31.